The molecule has 0 aliphatic carbocycles. The van der Waals surface area contributed by atoms with Crippen LogP contribution in [0.3, 0.4) is 0 Å². The summed E-state index contributed by atoms with van der Waals surface area (Å²) in [6, 6.07) is 7.51. The van der Waals surface area contributed by atoms with Crippen LogP contribution in [0.4, 0.5) is 0 Å². The molecule has 0 aliphatic heterocycles. The van der Waals surface area contributed by atoms with Crippen LogP contribution in [0.2, 0.25) is 0 Å². The van der Waals surface area contributed by atoms with Gasteiger partial charge in [0.05, 0.1) is 20.1 Å². The van der Waals surface area contributed by atoms with E-state index in [1.807, 2.05) is 24.3 Å². The topological polar surface area (TPSA) is 35.5 Å². The molecule has 1 rings (SSSR count). The zero-order valence-electron chi connectivity index (χ0n) is 10.7. The lowest BCUT2D eigenvalue weighted by atomic mass is 10.1. The van der Waals surface area contributed by atoms with Crippen LogP contribution in [0.25, 0.3) is 0 Å². The molecule has 18 heavy (non-hydrogen) atoms. The van der Waals surface area contributed by atoms with Crippen molar-refractivity contribution >= 4 is 17.6 Å². The van der Waals surface area contributed by atoms with Gasteiger partial charge in [-0.25, -0.2) is 0 Å². The number of carbonyl (C=O) groups is 1. The van der Waals surface area contributed by atoms with Crippen LogP contribution in [0.5, 0.6) is 5.75 Å². The van der Waals surface area contributed by atoms with Gasteiger partial charge in [-0.15, -0.1) is 11.6 Å². The number of unbranched alkanes of at least 4 members (excludes halogenated alkanes) is 2. The first-order chi connectivity index (χ1) is 8.76. The molecule has 0 fully saturated rings. The number of ether oxygens (including phenoxy) is 2. The largest absolute Gasteiger partial charge is 0.494 e. The van der Waals surface area contributed by atoms with E-state index in [1.54, 1.807) is 0 Å². The summed E-state index contributed by atoms with van der Waals surface area (Å²) in [6.07, 6.45) is 3.43. The Labute approximate surface area is 113 Å². The number of rotatable bonds is 8. The Morgan fingerprint density at radius 2 is 1.89 bits per heavy atom. The Morgan fingerprint density at radius 1 is 1.17 bits per heavy atom. The Hall–Kier alpha value is -1.22. The lowest BCUT2D eigenvalue weighted by molar-refractivity contribution is -0.139. The van der Waals surface area contributed by atoms with Gasteiger partial charge in [0.25, 0.3) is 0 Å². The summed E-state index contributed by atoms with van der Waals surface area (Å²) in [5, 5.41) is 0. The zero-order valence-corrected chi connectivity index (χ0v) is 11.4. The Balaban J connectivity index is 2.29. The van der Waals surface area contributed by atoms with Crippen molar-refractivity contribution in [1.29, 1.82) is 0 Å². The van der Waals surface area contributed by atoms with Gasteiger partial charge in [-0.1, -0.05) is 12.1 Å². The van der Waals surface area contributed by atoms with E-state index in [9.17, 15) is 4.79 Å². The Kier molecular flexibility index (Phi) is 7.26. The fraction of sp³-hybridized carbons (Fsp3) is 0.500. The molecule has 0 atom stereocenters. The number of benzene rings is 1. The molecule has 0 radical (unpaired) electrons. The minimum Gasteiger partial charge on any atom is -0.494 e. The van der Waals surface area contributed by atoms with Gasteiger partial charge >= 0.3 is 5.97 Å². The molecule has 0 spiro atoms. The number of esters is 1. The van der Waals surface area contributed by atoms with Gasteiger partial charge in [0.1, 0.15) is 5.75 Å². The fourth-order valence-corrected chi connectivity index (χ4v) is 1.69. The van der Waals surface area contributed by atoms with Gasteiger partial charge in [0.2, 0.25) is 0 Å². The lowest BCUT2D eigenvalue weighted by Crippen LogP contribution is -2.04. The van der Waals surface area contributed by atoms with E-state index in [0.717, 1.165) is 30.6 Å². The highest BCUT2D eigenvalue weighted by Crippen LogP contribution is 2.13. The minimum absolute atomic E-state index is 0.232. The quantitative estimate of drug-likeness (QED) is 0.413. The second-order valence-corrected chi connectivity index (χ2v) is 4.37. The number of hydrogen-bond acceptors (Lipinski definition) is 3. The summed E-state index contributed by atoms with van der Waals surface area (Å²) in [5.41, 5.74) is 0.927. The third-order valence-electron chi connectivity index (χ3n) is 2.55. The van der Waals surface area contributed by atoms with Crippen LogP contribution in [0.1, 0.15) is 24.8 Å². The average Bonchev–Trinajstić information content (AvgIpc) is 2.40. The van der Waals surface area contributed by atoms with Gasteiger partial charge in [-0.05, 0) is 37.0 Å². The summed E-state index contributed by atoms with van der Waals surface area (Å²) in [4.78, 5) is 11.1. The van der Waals surface area contributed by atoms with E-state index >= 15 is 0 Å². The molecule has 0 amide bonds. The monoisotopic (exact) mass is 270 g/mol. The van der Waals surface area contributed by atoms with E-state index in [-0.39, 0.29) is 5.97 Å². The molecule has 0 N–H and O–H groups in total. The van der Waals surface area contributed by atoms with Crippen LogP contribution in [-0.2, 0) is 16.0 Å². The van der Waals surface area contributed by atoms with Gasteiger partial charge in [-0.2, -0.15) is 0 Å². The highest BCUT2D eigenvalue weighted by molar-refractivity contribution is 6.17. The molecule has 3 nitrogen and oxygen atoms in total. The first kappa shape index (κ1) is 14.8. The maximum atomic E-state index is 11.1. The molecule has 0 bridgehead atoms. The minimum atomic E-state index is -0.232. The molecule has 0 saturated carbocycles. The number of methoxy groups -OCH3 is 1. The zero-order chi connectivity index (χ0) is 13.2. The second-order valence-electron chi connectivity index (χ2n) is 3.99. The van der Waals surface area contributed by atoms with E-state index in [1.165, 1.54) is 7.11 Å². The van der Waals surface area contributed by atoms with Gasteiger partial charge in [0, 0.05) is 5.88 Å². The van der Waals surface area contributed by atoms with Crippen LogP contribution >= 0.6 is 11.6 Å². The van der Waals surface area contributed by atoms with E-state index < -0.39 is 0 Å². The molecule has 0 saturated heterocycles. The number of hydrogen-bond donors (Lipinski definition) is 0. The molecule has 0 heterocycles. The SMILES string of the molecule is COC(=O)Cc1ccc(OCCCCCCl)cc1. The van der Waals surface area contributed by atoms with Crippen molar-refractivity contribution in [1.82, 2.24) is 0 Å². The van der Waals surface area contributed by atoms with Crippen molar-refractivity contribution < 1.29 is 14.3 Å². The molecule has 100 valence electrons. The maximum absolute atomic E-state index is 11.1. The molecule has 1 aromatic carbocycles. The summed E-state index contributed by atoms with van der Waals surface area (Å²) >= 11 is 5.59. The first-order valence-corrected chi connectivity index (χ1v) is 6.64. The Bertz CT molecular complexity index is 349. The van der Waals surface area contributed by atoms with E-state index in [2.05, 4.69) is 4.74 Å². The first-order valence-electron chi connectivity index (χ1n) is 6.11. The standard InChI is InChI=1S/C14H19ClO3/c1-17-14(16)11-12-5-7-13(8-6-12)18-10-4-2-3-9-15/h5-8H,2-4,9-11H2,1H3. The van der Waals surface area contributed by atoms with Gasteiger partial charge in [0.15, 0.2) is 0 Å². The highest BCUT2D eigenvalue weighted by atomic mass is 35.5. The molecule has 4 heteroatoms. The van der Waals surface area contributed by atoms with Crippen LogP contribution in [-0.4, -0.2) is 25.6 Å². The summed E-state index contributed by atoms with van der Waals surface area (Å²) in [7, 11) is 1.39. The summed E-state index contributed by atoms with van der Waals surface area (Å²) < 4.78 is 10.2. The third kappa shape index (κ3) is 5.92. The average molecular weight is 271 g/mol. The summed E-state index contributed by atoms with van der Waals surface area (Å²) in [5.74, 6) is 1.31. The number of alkyl halides is 1. The predicted octanol–water partition coefficient (Wildman–Crippen LogP) is 3.19. The van der Waals surface area contributed by atoms with Crippen LogP contribution < -0.4 is 4.74 Å². The normalized spacial score (nSPS) is 10.1. The van der Waals surface area contributed by atoms with Crippen molar-refractivity contribution in [2.45, 2.75) is 25.7 Å². The third-order valence-corrected chi connectivity index (χ3v) is 2.81. The van der Waals surface area contributed by atoms with Crippen molar-refractivity contribution in [2.24, 2.45) is 0 Å². The fourth-order valence-electron chi connectivity index (χ4n) is 1.51. The summed E-state index contributed by atoms with van der Waals surface area (Å²) in [6.45, 7) is 0.702. The molecule has 0 unspecified atom stereocenters. The molecular weight excluding hydrogens is 252 g/mol. The van der Waals surface area contributed by atoms with Crippen LogP contribution in [0, 0.1) is 0 Å². The smallest absolute Gasteiger partial charge is 0.309 e. The maximum Gasteiger partial charge on any atom is 0.309 e. The predicted molar refractivity (Wildman–Crippen MR) is 72.2 cm³/mol. The van der Waals surface area contributed by atoms with Crippen molar-refractivity contribution in [3.05, 3.63) is 29.8 Å². The Morgan fingerprint density at radius 3 is 2.50 bits per heavy atom. The van der Waals surface area contributed by atoms with Gasteiger partial charge < -0.3 is 9.47 Å². The molecule has 0 aromatic heterocycles. The lowest BCUT2D eigenvalue weighted by Gasteiger charge is -2.06. The second kappa shape index (κ2) is 8.81. The van der Waals surface area contributed by atoms with E-state index in [0.29, 0.717) is 18.9 Å². The highest BCUT2D eigenvalue weighted by Gasteiger charge is 2.02. The van der Waals surface area contributed by atoms with E-state index in [4.69, 9.17) is 16.3 Å². The molecular formula is C14H19ClO3. The van der Waals surface area contributed by atoms with Gasteiger partial charge in [-0.3, -0.25) is 4.79 Å². The number of carbonyl (C=O) groups excluding carboxylic acids is 1. The van der Waals surface area contributed by atoms with Crippen molar-refractivity contribution in [3.63, 3.8) is 0 Å². The molecule has 0 aliphatic rings. The number of halogens is 1. The van der Waals surface area contributed by atoms with Crippen LogP contribution in [0.15, 0.2) is 24.3 Å². The van der Waals surface area contributed by atoms with Crippen molar-refractivity contribution in [3.8, 4) is 5.75 Å². The van der Waals surface area contributed by atoms with Crippen molar-refractivity contribution in [2.75, 3.05) is 19.6 Å². The molecule has 1 aromatic rings.